The highest BCUT2D eigenvalue weighted by atomic mass is 16.6. The van der Waals surface area contributed by atoms with Crippen molar-refractivity contribution in [2.75, 3.05) is 19.7 Å². The van der Waals surface area contributed by atoms with Crippen molar-refractivity contribution in [3.05, 3.63) is 29.8 Å². The molecule has 1 aliphatic heterocycles. The number of rotatable bonds is 6. The first kappa shape index (κ1) is 19.3. The van der Waals surface area contributed by atoms with Crippen LogP contribution in [0.1, 0.15) is 56.8 Å². The number of hydrogen-bond acceptors (Lipinski definition) is 4. The standard InChI is InChI=1S/C20H29NO4/c1-20(2,3)25-19(23)21-12-10-16(11-13-21)5-4-14-24-18-8-6-17(15-22)7-9-18/h6-9,15-16H,4-5,10-14H2,1-3H3. The number of benzene rings is 1. The van der Waals surface area contributed by atoms with E-state index >= 15 is 0 Å². The Kier molecular flexibility index (Phi) is 6.85. The van der Waals surface area contributed by atoms with E-state index in [0.717, 1.165) is 50.8 Å². The Morgan fingerprint density at radius 2 is 1.84 bits per heavy atom. The third kappa shape index (κ3) is 6.77. The fraction of sp³-hybridized carbons (Fsp3) is 0.600. The summed E-state index contributed by atoms with van der Waals surface area (Å²) in [6.45, 7) is 7.90. The van der Waals surface area contributed by atoms with Crippen molar-refractivity contribution in [2.24, 2.45) is 5.92 Å². The molecule has 0 radical (unpaired) electrons. The van der Waals surface area contributed by atoms with Gasteiger partial charge in [0.05, 0.1) is 6.61 Å². The van der Waals surface area contributed by atoms with Crippen LogP contribution in [0.25, 0.3) is 0 Å². The first-order valence-electron chi connectivity index (χ1n) is 9.03. The fourth-order valence-corrected chi connectivity index (χ4v) is 2.94. The first-order valence-corrected chi connectivity index (χ1v) is 9.03. The maximum absolute atomic E-state index is 12.0. The Hall–Kier alpha value is -2.04. The minimum Gasteiger partial charge on any atom is -0.494 e. The molecule has 138 valence electrons. The number of ether oxygens (including phenoxy) is 2. The summed E-state index contributed by atoms with van der Waals surface area (Å²) in [6, 6.07) is 7.16. The summed E-state index contributed by atoms with van der Waals surface area (Å²) in [4.78, 5) is 24.5. The van der Waals surface area contributed by atoms with Crippen LogP contribution < -0.4 is 4.74 Å². The van der Waals surface area contributed by atoms with E-state index in [1.54, 1.807) is 12.1 Å². The van der Waals surface area contributed by atoms with Gasteiger partial charge in [0, 0.05) is 18.7 Å². The van der Waals surface area contributed by atoms with Gasteiger partial charge in [0.15, 0.2) is 0 Å². The van der Waals surface area contributed by atoms with Gasteiger partial charge in [0.25, 0.3) is 0 Å². The van der Waals surface area contributed by atoms with Crippen LogP contribution in [0, 0.1) is 5.92 Å². The van der Waals surface area contributed by atoms with Gasteiger partial charge in [-0.25, -0.2) is 4.79 Å². The maximum atomic E-state index is 12.0. The van der Waals surface area contributed by atoms with Crippen molar-refractivity contribution in [1.82, 2.24) is 4.90 Å². The van der Waals surface area contributed by atoms with E-state index in [1.807, 2.05) is 37.8 Å². The summed E-state index contributed by atoms with van der Waals surface area (Å²) in [5.41, 5.74) is 0.221. The number of hydrogen-bond donors (Lipinski definition) is 0. The number of nitrogens with zero attached hydrogens (tertiary/aromatic N) is 1. The molecule has 0 saturated carbocycles. The van der Waals surface area contributed by atoms with E-state index in [1.165, 1.54) is 0 Å². The number of piperidine rings is 1. The summed E-state index contributed by atoms with van der Waals surface area (Å²) >= 11 is 0. The van der Waals surface area contributed by atoms with Gasteiger partial charge in [-0.3, -0.25) is 4.79 Å². The Morgan fingerprint density at radius 3 is 2.40 bits per heavy atom. The molecule has 1 aliphatic rings. The largest absolute Gasteiger partial charge is 0.494 e. The second-order valence-corrected chi connectivity index (χ2v) is 7.59. The Morgan fingerprint density at radius 1 is 1.20 bits per heavy atom. The Balaban J connectivity index is 1.62. The van der Waals surface area contributed by atoms with E-state index < -0.39 is 5.60 Å². The summed E-state index contributed by atoms with van der Waals surface area (Å²) in [6.07, 6.45) is 4.77. The summed E-state index contributed by atoms with van der Waals surface area (Å²) in [7, 11) is 0. The molecule has 0 aliphatic carbocycles. The van der Waals surface area contributed by atoms with Crippen molar-refractivity contribution in [1.29, 1.82) is 0 Å². The molecule has 1 aromatic rings. The predicted octanol–water partition coefficient (Wildman–Crippen LogP) is 4.31. The van der Waals surface area contributed by atoms with Crippen molar-refractivity contribution >= 4 is 12.4 Å². The third-order valence-corrected chi connectivity index (χ3v) is 4.31. The zero-order chi connectivity index (χ0) is 18.3. The molecular weight excluding hydrogens is 318 g/mol. The van der Waals surface area contributed by atoms with Crippen LogP contribution in [-0.2, 0) is 4.74 Å². The normalized spacial score (nSPS) is 15.7. The number of likely N-dealkylation sites (tertiary alicyclic amines) is 1. The van der Waals surface area contributed by atoms with Crippen LogP contribution in [0.4, 0.5) is 4.79 Å². The lowest BCUT2D eigenvalue weighted by Gasteiger charge is -2.33. The zero-order valence-electron chi connectivity index (χ0n) is 15.5. The summed E-state index contributed by atoms with van der Waals surface area (Å²) in [5.74, 6) is 1.44. The maximum Gasteiger partial charge on any atom is 0.410 e. The molecule has 25 heavy (non-hydrogen) atoms. The second kappa shape index (κ2) is 8.88. The third-order valence-electron chi connectivity index (χ3n) is 4.31. The molecule has 0 N–H and O–H groups in total. The van der Waals surface area contributed by atoms with E-state index in [0.29, 0.717) is 18.1 Å². The topological polar surface area (TPSA) is 55.8 Å². The monoisotopic (exact) mass is 347 g/mol. The highest BCUT2D eigenvalue weighted by Gasteiger charge is 2.26. The van der Waals surface area contributed by atoms with Gasteiger partial charge in [-0.1, -0.05) is 0 Å². The van der Waals surface area contributed by atoms with Crippen LogP contribution in [-0.4, -0.2) is 42.6 Å². The molecule has 1 fully saturated rings. The van der Waals surface area contributed by atoms with Gasteiger partial charge in [-0.05, 0) is 76.6 Å². The lowest BCUT2D eigenvalue weighted by atomic mass is 9.92. The van der Waals surface area contributed by atoms with Crippen LogP contribution in [0.2, 0.25) is 0 Å². The quantitative estimate of drug-likeness (QED) is 0.568. The average molecular weight is 347 g/mol. The number of carbonyl (C=O) groups is 2. The van der Waals surface area contributed by atoms with Gasteiger partial charge in [-0.2, -0.15) is 0 Å². The fourth-order valence-electron chi connectivity index (χ4n) is 2.94. The molecule has 0 unspecified atom stereocenters. The van der Waals surface area contributed by atoms with E-state index in [9.17, 15) is 9.59 Å². The minimum atomic E-state index is -0.435. The smallest absolute Gasteiger partial charge is 0.410 e. The van der Waals surface area contributed by atoms with Gasteiger partial charge in [0.2, 0.25) is 0 Å². The lowest BCUT2D eigenvalue weighted by Crippen LogP contribution is -2.41. The lowest BCUT2D eigenvalue weighted by molar-refractivity contribution is 0.0179. The molecule has 5 nitrogen and oxygen atoms in total. The molecular formula is C20H29NO4. The molecule has 0 spiro atoms. The summed E-state index contributed by atoms with van der Waals surface area (Å²) in [5, 5.41) is 0. The molecule has 1 saturated heterocycles. The van der Waals surface area contributed by atoms with E-state index in [4.69, 9.17) is 9.47 Å². The Labute approximate surface area is 150 Å². The van der Waals surface area contributed by atoms with E-state index in [2.05, 4.69) is 0 Å². The Bertz CT molecular complexity index is 554. The van der Waals surface area contributed by atoms with Crippen LogP contribution in [0.15, 0.2) is 24.3 Å². The van der Waals surface area contributed by atoms with Crippen molar-refractivity contribution in [3.8, 4) is 5.75 Å². The highest BCUT2D eigenvalue weighted by Crippen LogP contribution is 2.23. The molecule has 1 heterocycles. The number of aldehydes is 1. The first-order chi connectivity index (χ1) is 11.9. The second-order valence-electron chi connectivity index (χ2n) is 7.59. The highest BCUT2D eigenvalue weighted by molar-refractivity contribution is 5.74. The molecule has 1 amide bonds. The van der Waals surface area contributed by atoms with Gasteiger partial charge in [0.1, 0.15) is 17.6 Å². The summed E-state index contributed by atoms with van der Waals surface area (Å²) < 4.78 is 11.1. The van der Waals surface area contributed by atoms with Crippen LogP contribution in [0.3, 0.4) is 0 Å². The van der Waals surface area contributed by atoms with Gasteiger partial charge in [-0.15, -0.1) is 0 Å². The van der Waals surface area contributed by atoms with Crippen molar-refractivity contribution in [3.63, 3.8) is 0 Å². The zero-order valence-corrected chi connectivity index (χ0v) is 15.5. The van der Waals surface area contributed by atoms with Gasteiger partial charge >= 0.3 is 6.09 Å². The van der Waals surface area contributed by atoms with Gasteiger partial charge < -0.3 is 14.4 Å². The molecule has 0 bridgehead atoms. The van der Waals surface area contributed by atoms with Crippen molar-refractivity contribution in [2.45, 2.75) is 52.1 Å². The molecule has 0 aromatic heterocycles. The van der Waals surface area contributed by atoms with Crippen molar-refractivity contribution < 1.29 is 19.1 Å². The van der Waals surface area contributed by atoms with E-state index in [-0.39, 0.29) is 6.09 Å². The average Bonchev–Trinajstić information content (AvgIpc) is 2.58. The predicted molar refractivity (Wildman–Crippen MR) is 97.1 cm³/mol. The van der Waals surface area contributed by atoms with Crippen LogP contribution >= 0.6 is 0 Å². The molecule has 5 heteroatoms. The number of carbonyl (C=O) groups excluding carboxylic acids is 2. The minimum absolute atomic E-state index is 0.201. The number of amides is 1. The van der Waals surface area contributed by atoms with Crippen LogP contribution in [0.5, 0.6) is 5.75 Å². The SMILES string of the molecule is CC(C)(C)OC(=O)N1CCC(CCCOc2ccc(C=O)cc2)CC1. The molecule has 2 rings (SSSR count). The molecule has 0 atom stereocenters. The molecule has 1 aromatic carbocycles.